The molecule has 0 spiro atoms. The van der Waals surface area contributed by atoms with Gasteiger partial charge in [0, 0.05) is 30.7 Å². The highest BCUT2D eigenvalue weighted by atomic mass is 19.1. The number of halogens is 2. The Morgan fingerprint density at radius 3 is 1.92 bits per heavy atom. The molecule has 2 aliphatic rings. The van der Waals surface area contributed by atoms with E-state index in [0.717, 1.165) is 46.9 Å². The molecule has 2 aliphatic heterocycles. The van der Waals surface area contributed by atoms with Gasteiger partial charge in [0.05, 0.1) is 30.7 Å². The number of esters is 2. The van der Waals surface area contributed by atoms with Gasteiger partial charge in [0.15, 0.2) is 23.2 Å². The summed E-state index contributed by atoms with van der Waals surface area (Å²) in [4.78, 5) is 53.3. The minimum absolute atomic E-state index is 0.0286. The van der Waals surface area contributed by atoms with Crippen molar-refractivity contribution in [3.63, 3.8) is 0 Å². The van der Waals surface area contributed by atoms with Crippen LogP contribution in [-0.4, -0.2) is 82.6 Å². The summed E-state index contributed by atoms with van der Waals surface area (Å²) in [6.45, 7) is 17.2. The molecule has 17 heteroatoms. The fourth-order valence-electron chi connectivity index (χ4n) is 7.29. The summed E-state index contributed by atoms with van der Waals surface area (Å²) in [6, 6.07) is 11.7. The number of methoxy groups -OCH3 is 1. The standard InChI is InChI=1S/C23H26FN5O2.C14H15FO3.C8H12N4O/c1-6-31-22(30)19-18(14-7-9-15(24)10-8-14)16-11-12-17-26-27-28-29(17)23(4,5)21(16)25-20(19)13(2)3;1-9(2)13(16)12(14(17)18-3)8-10-4-6-11(15)7-5-10;1-8(2)6(13)4-3-5-7-9-10-11-12(7)8/h7-10,13H,6,11-12H2,1-5H3;4-9H,1-3H3;3-5H2,1-2H3. The van der Waals surface area contributed by atoms with Gasteiger partial charge in [-0.1, -0.05) is 52.0 Å². The molecule has 0 saturated carbocycles. The molecule has 0 N–H and O–H groups in total. The molecule has 0 fully saturated rings. The molecule has 0 aliphatic carbocycles. The summed E-state index contributed by atoms with van der Waals surface area (Å²) >= 11 is 0. The Morgan fingerprint density at radius 1 is 0.806 bits per heavy atom. The van der Waals surface area contributed by atoms with Crippen LogP contribution in [0.2, 0.25) is 0 Å². The van der Waals surface area contributed by atoms with Crippen LogP contribution in [-0.2, 0) is 54.2 Å². The third kappa shape index (κ3) is 10.0. The molecule has 0 atom stereocenters. The summed E-state index contributed by atoms with van der Waals surface area (Å²) < 4.78 is 39.9. The number of tetrazole rings is 2. The Bertz CT molecular complexity index is 2450. The molecule has 7 rings (SSSR count). The van der Waals surface area contributed by atoms with E-state index in [1.165, 1.54) is 49.6 Å². The van der Waals surface area contributed by atoms with Crippen molar-refractivity contribution in [3.05, 3.63) is 105 Å². The zero-order valence-electron chi connectivity index (χ0n) is 36.8. The van der Waals surface area contributed by atoms with Gasteiger partial charge in [0.1, 0.15) is 28.3 Å². The molecular weight excluding hydrogens is 801 g/mol. The topological polar surface area (TPSA) is 187 Å². The molecular formula is C45H53F2N9O6. The summed E-state index contributed by atoms with van der Waals surface area (Å²) in [6.07, 6.45) is 4.86. The molecule has 328 valence electrons. The Kier molecular flexibility index (Phi) is 14.7. The third-order valence-electron chi connectivity index (χ3n) is 10.7. The summed E-state index contributed by atoms with van der Waals surface area (Å²) in [5.41, 5.74) is 3.69. The second-order valence-electron chi connectivity index (χ2n) is 16.5. The van der Waals surface area contributed by atoms with Crippen LogP contribution < -0.4 is 0 Å². The molecule has 2 aromatic carbocycles. The number of pyridine rings is 1. The van der Waals surface area contributed by atoms with Crippen LogP contribution in [0.25, 0.3) is 17.2 Å². The smallest absolute Gasteiger partial charge is 0.341 e. The van der Waals surface area contributed by atoms with Gasteiger partial charge in [-0.15, -0.1) is 10.2 Å². The lowest BCUT2D eigenvalue weighted by molar-refractivity contribution is -0.138. The van der Waals surface area contributed by atoms with Crippen molar-refractivity contribution >= 4 is 29.6 Å². The number of Topliss-reactive ketones (excluding diaryl/α,β-unsaturated/α-hetero) is 2. The zero-order valence-corrected chi connectivity index (χ0v) is 36.8. The number of aryl methyl sites for hydroxylation is 2. The number of carbonyl (C=O) groups is 4. The maximum atomic E-state index is 13.7. The van der Waals surface area contributed by atoms with E-state index < -0.39 is 23.0 Å². The predicted molar refractivity (Wildman–Crippen MR) is 225 cm³/mol. The first kappa shape index (κ1) is 46.7. The van der Waals surface area contributed by atoms with Crippen molar-refractivity contribution in [3.8, 4) is 11.1 Å². The minimum atomic E-state index is -0.682. The fourth-order valence-corrected chi connectivity index (χ4v) is 7.29. The van der Waals surface area contributed by atoms with E-state index >= 15 is 0 Å². The fraction of sp³-hybridized carbons (Fsp3) is 0.444. The van der Waals surface area contributed by atoms with Crippen molar-refractivity contribution < 1.29 is 37.4 Å². The van der Waals surface area contributed by atoms with Crippen molar-refractivity contribution in [1.29, 1.82) is 0 Å². The summed E-state index contributed by atoms with van der Waals surface area (Å²) in [5.74, 6) is -0.661. The molecule has 0 bridgehead atoms. The highest BCUT2D eigenvalue weighted by Gasteiger charge is 2.39. The first-order valence-corrected chi connectivity index (χ1v) is 20.5. The van der Waals surface area contributed by atoms with Crippen LogP contribution >= 0.6 is 0 Å². The molecule has 5 aromatic rings. The van der Waals surface area contributed by atoms with E-state index in [0.29, 0.717) is 36.1 Å². The second-order valence-corrected chi connectivity index (χ2v) is 16.5. The van der Waals surface area contributed by atoms with Crippen LogP contribution in [0, 0.1) is 17.6 Å². The van der Waals surface area contributed by atoms with Gasteiger partial charge in [0.2, 0.25) is 0 Å². The molecule has 62 heavy (non-hydrogen) atoms. The quantitative estimate of drug-likeness (QED) is 0.0674. The number of nitrogens with zero attached hydrogens (tertiary/aromatic N) is 9. The van der Waals surface area contributed by atoms with E-state index in [1.54, 1.807) is 42.3 Å². The van der Waals surface area contributed by atoms with Gasteiger partial charge < -0.3 is 9.47 Å². The van der Waals surface area contributed by atoms with Crippen LogP contribution in [0.3, 0.4) is 0 Å². The van der Waals surface area contributed by atoms with Crippen molar-refractivity contribution in [1.82, 2.24) is 45.4 Å². The lowest BCUT2D eigenvalue weighted by Crippen LogP contribution is -2.36. The Hall–Kier alpha value is -6.39. The van der Waals surface area contributed by atoms with Crippen molar-refractivity contribution in [2.45, 2.75) is 111 Å². The van der Waals surface area contributed by atoms with Crippen molar-refractivity contribution in [2.24, 2.45) is 5.92 Å². The Morgan fingerprint density at radius 2 is 1.37 bits per heavy atom. The van der Waals surface area contributed by atoms with Crippen LogP contribution in [0.5, 0.6) is 0 Å². The lowest BCUT2D eigenvalue weighted by Gasteiger charge is -2.29. The average molecular weight is 854 g/mol. The lowest BCUT2D eigenvalue weighted by atomic mass is 9.84. The molecule has 0 amide bonds. The van der Waals surface area contributed by atoms with Crippen LogP contribution in [0.15, 0.2) is 54.1 Å². The first-order chi connectivity index (χ1) is 29.3. The number of benzene rings is 2. The predicted octanol–water partition coefficient (Wildman–Crippen LogP) is 6.98. The molecule has 0 radical (unpaired) electrons. The number of rotatable bonds is 8. The second kappa shape index (κ2) is 19.5. The van der Waals surface area contributed by atoms with Gasteiger partial charge >= 0.3 is 11.9 Å². The average Bonchev–Trinajstić information content (AvgIpc) is 3.89. The van der Waals surface area contributed by atoms with Gasteiger partial charge in [-0.2, -0.15) is 0 Å². The van der Waals surface area contributed by atoms with Gasteiger partial charge in [-0.3, -0.25) is 14.6 Å². The normalized spacial score (nSPS) is 15.1. The molecule has 0 unspecified atom stereocenters. The SMILES string of the molecule is CC1(C)C(=O)CCCc2nnnn21.CCOC(=O)c1c(C(C)C)nc2c(c1-c1ccc(F)cc1)CCc1nnnn1C2(C)C.COC(=O)C(=Cc1ccc(F)cc1)C(=O)C(C)C. The van der Waals surface area contributed by atoms with Crippen molar-refractivity contribution in [2.75, 3.05) is 13.7 Å². The van der Waals surface area contributed by atoms with Crippen LogP contribution in [0.4, 0.5) is 8.78 Å². The largest absolute Gasteiger partial charge is 0.465 e. The molecule has 3 aromatic heterocycles. The number of ether oxygens (including phenoxy) is 2. The number of hydrogen-bond acceptors (Lipinski definition) is 13. The van der Waals surface area contributed by atoms with Gasteiger partial charge in [0.25, 0.3) is 0 Å². The van der Waals surface area contributed by atoms with E-state index in [4.69, 9.17) is 9.72 Å². The number of aromatic nitrogens is 9. The van der Waals surface area contributed by atoms with E-state index in [-0.39, 0.29) is 47.2 Å². The number of fused-ring (bicyclic) bond motifs is 3. The van der Waals surface area contributed by atoms with E-state index in [2.05, 4.69) is 35.8 Å². The molecule has 0 saturated heterocycles. The number of carbonyl (C=O) groups excluding carboxylic acids is 4. The van der Waals surface area contributed by atoms with E-state index in [9.17, 15) is 28.0 Å². The zero-order chi connectivity index (χ0) is 45.5. The first-order valence-electron chi connectivity index (χ1n) is 20.5. The minimum Gasteiger partial charge on any atom is -0.465 e. The van der Waals surface area contributed by atoms with E-state index in [1.807, 2.05) is 41.5 Å². The monoisotopic (exact) mass is 853 g/mol. The maximum Gasteiger partial charge on any atom is 0.341 e. The Labute approximate surface area is 359 Å². The van der Waals surface area contributed by atoms with Crippen LogP contribution in [0.1, 0.15) is 126 Å². The highest BCUT2D eigenvalue weighted by Crippen LogP contribution is 2.41. The molecule has 15 nitrogen and oxygen atoms in total. The number of hydrogen-bond donors (Lipinski definition) is 0. The molecule has 5 heterocycles. The highest BCUT2D eigenvalue weighted by molar-refractivity contribution is 6.21. The summed E-state index contributed by atoms with van der Waals surface area (Å²) in [7, 11) is 1.22. The summed E-state index contributed by atoms with van der Waals surface area (Å²) in [5, 5.41) is 23.6. The Balaban J connectivity index is 0.000000197. The number of ketones is 2. The van der Waals surface area contributed by atoms with Gasteiger partial charge in [-0.05, 0) is 121 Å². The maximum absolute atomic E-state index is 13.7. The third-order valence-corrected chi connectivity index (χ3v) is 10.7. The van der Waals surface area contributed by atoms with Gasteiger partial charge in [-0.25, -0.2) is 27.7 Å².